The van der Waals surface area contributed by atoms with Crippen LogP contribution in [-0.2, 0) is 10.0 Å². The van der Waals surface area contributed by atoms with Crippen molar-refractivity contribution in [3.05, 3.63) is 40.9 Å². The number of hydrogen-bond donors (Lipinski definition) is 0. The monoisotopic (exact) mass is 343 g/mol. The van der Waals surface area contributed by atoms with Crippen molar-refractivity contribution < 1.29 is 8.42 Å². The largest absolute Gasteiger partial charge is 0.345 e. The van der Waals surface area contributed by atoms with E-state index in [2.05, 4.69) is 9.88 Å². The van der Waals surface area contributed by atoms with E-state index in [1.807, 2.05) is 5.38 Å². The van der Waals surface area contributed by atoms with Crippen LogP contribution in [0.15, 0.2) is 40.7 Å². The molecular weight excluding hydrogens is 330 g/mol. The summed E-state index contributed by atoms with van der Waals surface area (Å²) in [5, 5.41) is 3.12. The van der Waals surface area contributed by atoms with Crippen LogP contribution in [0.1, 0.15) is 0 Å². The number of halogens is 1. The fraction of sp³-hybridized carbons (Fsp3) is 0.308. The first-order valence-electron chi connectivity index (χ1n) is 6.48. The molecule has 1 aliphatic rings. The Labute approximate surface area is 132 Å². The molecule has 1 saturated heterocycles. The normalized spacial score (nSPS) is 17.1. The lowest BCUT2D eigenvalue weighted by molar-refractivity contribution is 0.385. The van der Waals surface area contributed by atoms with Gasteiger partial charge < -0.3 is 4.90 Å². The number of thiazole rings is 1. The van der Waals surface area contributed by atoms with E-state index in [1.54, 1.807) is 41.8 Å². The lowest BCUT2D eigenvalue weighted by atomic mass is 10.4. The zero-order valence-corrected chi connectivity index (χ0v) is 13.5. The number of aromatic nitrogens is 1. The SMILES string of the molecule is O=S(=O)(c1ccccc1Cl)N1CCN(c2nccs2)CC1. The second-order valence-electron chi connectivity index (χ2n) is 4.64. The Kier molecular flexibility index (Phi) is 4.17. The van der Waals surface area contributed by atoms with Crippen LogP contribution in [0.25, 0.3) is 0 Å². The molecule has 5 nitrogen and oxygen atoms in total. The van der Waals surface area contributed by atoms with Crippen molar-refractivity contribution in [1.82, 2.24) is 9.29 Å². The van der Waals surface area contributed by atoms with E-state index in [4.69, 9.17) is 11.6 Å². The first-order valence-corrected chi connectivity index (χ1v) is 9.18. The molecule has 0 unspecified atom stereocenters. The van der Waals surface area contributed by atoms with Crippen molar-refractivity contribution in [3.63, 3.8) is 0 Å². The molecule has 1 aromatic heterocycles. The molecule has 2 heterocycles. The van der Waals surface area contributed by atoms with Gasteiger partial charge in [0, 0.05) is 37.8 Å². The Hall–Kier alpha value is -1.15. The first kappa shape index (κ1) is 14.8. The Balaban J connectivity index is 1.76. The van der Waals surface area contributed by atoms with Gasteiger partial charge in [0.2, 0.25) is 10.0 Å². The van der Waals surface area contributed by atoms with Crippen molar-refractivity contribution in [1.29, 1.82) is 0 Å². The van der Waals surface area contributed by atoms with Crippen molar-refractivity contribution >= 4 is 38.1 Å². The molecule has 0 bridgehead atoms. The maximum atomic E-state index is 12.6. The lowest BCUT2D eigenvalue weighted by Crippen LogP contribution is -2.48. The second-order valence-corrected chi connectivity index (χ2v) is 7.82. The summed E-state index contributed by atoms with van der Waals surface area (Å²) in [7, 11) is -3.53. The molecule has 2 aromatic rings. The molecule has 0 saturated carbocycles. The van der Waals surface area contributed by atoms with Crippen molar-refractivity contribution in [2.24, 2.45) is 0 Å². The minimum absolute atomic E-state index is 0.175. The van der Waals surface area contributed by atoms with Gasteiger partial charge in [-0.1, -0.05) is 23.7 Å². The third kappa shape index (κ3) is 2.91. The number of hydrogen-bond acceptors (Lipinski definition) is 5. The van der Waals surface area contributed by atoms with Gasteiger partial charge in [0.05, 0.1) is 5.02 Å². The van der Waals surface area contributed by atoms with Crippen LogP contribution in [0.4, 0.5) is 5.13 Å². The fourth-order valence-electron chi connectivity index (χ4n) is 2.28. The third-order valence-electron chi connectivity index (χ3n) is 3.38. The molecule has 21 heavy (non-hydrogen) atoms. The van der Waals surface area contributed by atoms with Crippen LogP contribution in [0, 0.1) is 0 Å². The molecule has 1 aromatic carbocycles. The van der Waals surface area contributed by atoms with Gasteiger partial charge in [-0.05, 0) is 12.1 Å². The smallest absolute Gasteiger partial charge is 0.244 e. The topological polar surface area (TPSA) is 53.5 Å². The van der Waals surface area contributed by atoms with Crippen LogP contribution in [0.3, 0.4) is 0 Å². The van der Waals surface area contributed by atoms with E-state index >= 15 is 0 Å². The van der Waals surface area contributed by atoms with Crippen LogP contribution in [0.5, 0.6) is 0 Å². The molecule has 0 atom stereocenters. The predicted molar refractivity (Wildman–Crippen MR) is 84.5 cm³/mol. The van der Waals surface area contributed by atoms with Crippen LogP contribution in [0.2, 0.25) is 5.02 Å². The van der Waals surface area contributed by atoms with Crippen molar-refractivity contribution in [2.45, 2.75) is 4.90 Å². The summed E-state index contributed by atoms with van der Waals surface area (Å²) in [5.74, 6) is 0. The highest BCUT2D eigenvalue weighted by molar-refractivity contribution is 7.89. The molecule has 0 aliphatic carbocycles. The van der Waals surface area contributed by atoms with E-state index in [9.17, 15) is 8.42 Å². The van der Waals surface area contributed by atoms with E-state index in [0.29, 0.717) is 26.2 Å². The predicted octanol–water partition coefficient (Wildman–Crippen LogP) is 2.31. The van der Waals surface area contributed by atoms with E-state index in [-0.39, 0.29) is 9.92 Å². The third-order valence-corrected chi connectivity index (χ3v) is 6.61. The number of benzene rings is 1. The zero-order chi connectivity index (χ0) is 14.9. The first-order chi connectivity index (χ1) is 10.1. The van der Waals surface area contributed by atoms with Crippen molar-refractivity contribution in [3.8, 4) is 0 Å². The van der Waals surface area contributed by atoms with Gasteiger partial charge in [-0.3, -0.25) is 0 Å². The highest BCUT2D eigenvalue weighted by atomic mass is 35.5. The number of anilines is 1. The molecule has 0 radical (unpaired) electrons. The Morgan fingerprint density at radius 1 is 1.14 bits per heavy atom. The molecule has 112 valence electrons. The molecule has 0 N–H and O–H groups in total. The molecule has 8 heteroatoms. The number of piperazine rings is 1. The Bertz CT molecular complexity index is 711. The van der Waals surface area contributed by atoms with Gasteiger partial charge >= 0.3 is 0 Å². The van der Waals surface area contributed by atoms with Gasteiger partial charge in [0.15, 0.2) is 5.13 Å². The van der Waals surface area contributed by atoms with Gasteiger partial charge in [0.1, 0.15) is 4.90 Å². The highest BCUT2D eigenvalue weighted by Crippen LogP contribution is 2.26. The minimum Gasteiger partial charge on any atom is -0.345 e. The summed E-state index contributed by atoms with van der Waals surface area (Å²) < 4.78 is 26.7. The summed E-state index contributed by atoms with van der Waals surface area (Å²) in [6.07, 6.45) is 1.76. The van der Waals surface area contributed by atoms with Crippen LogP contribution < -0.4 is 4.90 Å². The van der Waals surface area contributed by atoms with E-state index < -0.39 is 10.0 Å². The highest BCUT2D eigenvalue weighted by Gasteiger charge is 2.30. The fourth-order valence-corrected chi connectivity index (χ4v) is 4.90. The molecule has 1 fully saturated rings. The number of rotatable bonds is 3. The molecular formula is C13H14ClN3O2S2. The van der Waals surface area contributed by atoms with Crippen LogP contribution >= 0.6 is 22.9 Å². The van der Waals surface area contributed by atoms with Crippen molar-refractivity contribution in [2.75, 3.05) is 31.1 Å². The second kappa shape index (κ2) is 5.92. The van der Waals surface area contributed by atoms with Crippen LogP contribution in [-0.4, -0.2) is 43.9 Å². The molecule has 0 amide bonds. The molecule has 1 aliphatic heterocycles. The maximum absolute atomic E-state index is 12.6. The summed E-state index contributed by atoms with van der Waals surface area (Å²) in [6, 6.07) is 6.55. The average Bonchev–Trinajstić information content (AvgIpc) is 3.02. The Morgan fingerprint density at radius 3 is 2.48 bits per heavy atom. The quantitative estimate of drug-likeness (QED) is 0.858. The average molecular weight is 344 g/mol. The Morgan fingerprint density at radius 2 is 1.86 bits per heavy atom. The number of nitrogens with zero attached hydrogens (tertiary/aromatic N) is 3. The van der Waals surface area contributed by atoms with Gasteiger partial charge in [-0.25, -0.2) is 13.4 Å². The summed E-state index contributed by atoms with van der Waals surface area (Å²) in [6.45, 7) is 2.15. The zero-order valence-electron chi connectivity index (χ0n) is 11.1. The molecule has 3 rings (SSSR count). The molecule has 0 spiro atoms. The van der Waals surface area contributed by atoms with Gasteiger partial charge in [0.25, 0.3) is 0 Å². The summed E-state index contributed by atoms with van der Waals surface area (Å²) in [4.78, 5) is 6.53. The lowest BCUT2D eigenvalue weighted by Gasteiger charge is -2.33. The van der Waals surface area contributed by atoms with E-state index in [1.165, 1.54) is 4.31 Å². The summed E-state index contributed by atoms with van der Waals surface area (Å²) >= 11 is 7.58. The minimum atomic E-state index is -3.53. The van der Waals surface area contributed by atoms with Gasteiger partial charge in [-0.15, -0.1) is 11.3 Å². The van der Waals surface area contributed by atoms with E-state index in [0.717, 1.165) is 5.13 Å². The standard InChI is InChI=1S/C13H14ClN3O2S2/c14-11-3-1-2-4-12(11)21(18,19)17-8-6-16(7-9-17)13-15-5-10-20-13/h1-5,10H,6-9H2. The maximum Gasteiger partial charge on any atom is 0.244 e. The number of sulfonamides is 1. The van der Waals surface area contributed by atoms with Gasteiger partial charge in [-0.2, -0.15) is 4.31 Å². The summed E-state index contributed by atoms with van der Waals surface area (Å²) in [5.41, 5.74) is 0.